The first-order valence-electron chi connectivity index (χ1n) is 10.5. The molecule has 3 N–H and O–H groups in total. The van der Waals surface area contributed by atoms with Gasteiger partial charge in [-0.25, -0.2) is 0 Å². The highest BCUT2D eigenvalue weighted by Crippen LogP contribution is 2.54. The smallest absolute Gasteiger partial charge is 0.302 e. The van der Waals surface area contributed by atoms with Gasteiger partial charge in [0.05, 0.1) is 35.0 Å². The summed E-state index contributed by atoms with van der Waals surface area (Å²) in [5.74, 6) is -1.03. The van der Waals surface area contributed by atoms with E-state index in [-0.39, 0.29) is 59.5 Å². The number of aliphatic hydroxyl groups is 1. The van der Waals surface area contributed by atoms with E-state index in [9.17, 15) is 20.1 Å². The van der Waals surface area contributed by atoms with E-state index >= 15 is 0 Å². The molecule has 1 aliphatic carbocycles. The van der Waals surface area contributed by atoms with Crippen molar-refractivity contribution in [1.29, 1.82) is 0 Å². The number of fused-ring (bicyclic) bond motifs is 1. The van der Waals surface area contributed by atoms with Crippen LogP contribution in [0.3, 0.4) is 0 Å². The van der Waals surface area contributed by atoms with Crippen molar-refractivity contribution in [3.05, 3.63) is 34.9 Å². The molecule has 0 unspecified atom stereocenters. The molecule has 0 saturated heterocycles. The molecule has 33 heavy (non-hydrogen) atoms. The van der Waals surface area contributed by atoms with Gasteiger partial charge in [-0.15, -0.1) is 0 Å². The second kappa shape index (κ2) is 10.1. The van der Waals surface area contributed by atoms with Gasteiger partial charge in [-0.3, -0.25) is 4.79 Å². The first kappa shape index (κ1) is 24.3. The number of carbonyl (C=O) groups is 1. The van der Waals surface area contributed by atoms with Crippen LogP contribution < -0.4 is 18.9 Å². The number of hydrogen-bond donors (Lipinski definition) is 3. The van der Waals surface area contributed by atoms with Crippen molar-refractivity contribution >= 4 is 5.97 Å². The Kier molecular flexibility index (Phi) is 7.43. The Balaban J connectivity index is 2.33. The molecule has 0 saturated carbocycles. The Bertz CT molecular complexity index is 992. The molecule has 9 nitrogen and oxygen atoms in total. The number of rotatable bonds is 8. The maximum Gasteiger partial charge on any atom is 0.302 e. The maximum atomic E-state index is 11.6. The normalized spacial score (nSPS) is 19.4. The van der Waals surface area contributed by atoms with Gasteiger partial charge in [-0.2, -0.15) is 0 Å². The molecule has 3 rings (SSSR count). The lowest BCUT2D eigenvalue weighted by molar-refractivity contribution is -0.143. The molecule has 0 bridgehead atoms. The van der Waals surface area contributed by atoms with E-state index in [1.165, 1.54) is 35.4 Å². The topological polar surface area (TPSA) is 124 Å². The lowest BCUT2D eigenvalue weighted by Gasteiger charge is -2.40. The average Bonchev–Trinajstić information content (AvgIpc) is 2.81. The molecule has 2 aromatic carbocycles. The molecule has 0 amide bonds. The van der Waals surface area contributed by atoms with Crippen LogP contribution in [-0.4, -0.2) is 62.9 Å². The van der Waals surface area contributed by atoms with Crippen LogP contribution in [0.1, 0.15) is 29.5 Å². The van der Waals surface area contributed by atoms with Gasteiger partial charge in [0.25, 0.3) is 0 Å². The Morgan fingerprint density at radius 2 is 1.52 bits per heavy atom. The average molecular weight is 462 g/mol. The van der Waals surface area contributed by atoms with Gasteiger partial charge in [0.15, 0.2) is 23.0 Å². The van der Waals surface area contributed by atoms with E-state index in [1.54, 1.807) is 18.2 Å². The molecule has 9 heteroatoms. The fraction of sp³-hybridized carbons (Fsp3) is 0.458. The van der Waals surface area contributed by atoms with Gasteiger partial charge in [0.2, 0.25) is 11.5 Å². The zero-order valence-electron chi connectivity index (χ0n) is 19.4. The summed E-state index contributed by atoms with van der Waals surface area (Å²) in [5.41, 5.74) is 2.16. The molecule has 0 aliphatic heterocycles. The van der Waals surface area contributed by atoms with E-state index in [4.69, 9.17) is 23.7 Å². The van der Waals surface area contributed by atoms with Crippen molar-refractivity contribution in [3.8, 4) is 34.5 Å². The van der Waals surface area contributed by atoms with Crippen LogP contribution >= 0.6 is 0 Å². The van der Waals surface area contributed by atoms with Crippen LogP contribution in [0.15, 0.2) is 18.2 Å². The van der Waals surface area contributed by atoms with Gasteiger partial charge < -0.3 is 39.0 Å². The third-order valence-corrected chi connectivity index (χ3v) is 6.17. The molecular weight excluding hydrogens is 432 g/mol. The molecule has 2 aromatic rings. The lowest BCUT2D eigenvalue weighted by atomic mass is 9.66. The standard InChI is InChI=1S/C24H30O9/c1-12(26)33-11-16-15(10-25)6-13-7-19(31-4)23(28)24(32-5)21(13)20(16)14-8-17(29-2)22(27)18(9-14)30-3/h7-9,15-16,20,25,27-28H,6,10-11H2,1-5H3/t15-,16-,20+/m1/s1. The molecule has 0 heterocycles. The van der Waals surface area contributed by atoms with Crippen molar-refractivity contribution in [1.82, 2.24) is 0 Å². The molecule has 3 atom stereocenters. The Morgan fingerprint density at radius 3 is 2.00 bits per heavy atom. The number of aliphatic hydroxyl groups excluding tert-OH is 1. The molecule has 180 valence electrons. The number of hydrogen-bond acceptors (Lipinski definition) is 9. The van der Waals surface area contributed by atoms with Crippen LogP contribution in [0.2, 0.25) is 0 Å². The largest absolute Gasteiger partial charge is 0.502 e. The van der Waals surface area contributed by atoms with E-state index in [0.717, 1.165) is 5.56 Å². The van der Waals surface area contributed by atoms with Crippen LogP contribution in [0, 0.1) is 11.8 Å². The molecule has 0 aromatic heterocycles. The number of benzene rings is 2. The van der Waals surface area contributed by atoms with Crippen LogP contribution in [0.4, 0.5) is 0 Å². The number of carbonyl (C=O) groups excluding carboxylic acids is 1. The second-order valence-electron chi connectivity index (χ2n) is 7.90. The van der Waals surface area contributed by atoms with Gasteiger partial charge in [-0.05, 0) is 41.7 Å². The quantitative estimate of drug-likeness (QED) is 0.508. The number of ether oxygens (including phenoxy) is 5. The monoisotopic (exact) mass is 462 g/mol. The Labute approximate surface area is 192 Å². The third kappa shape index (κ3) is 4.45. The summed E-state index contributed by atoms with van der Waals surface area (Å²) < 4.78 is 27.0. The maximum absolute atomic E-state index is 11.6. The Hall–Kier alpha value is -3.33. The van der Waals surface area contributed by atoms with Gasteiger partial charge in [-0.1, -0.05) is 0 Å². The first-order valence-corrected chi connectivity index (χ1v) is 10.5. The summed E-state index contributed by atoms with van der Waals surface area (Å²) >= 11 is 0. The Morgan fingerprint density at radius 1 is 0.939 bits per heavy atom. The van der Waals surface area contributed by atoms with Gasteiger partial charge >= 0.3 is 5.97 Å². The van der Waals surface area contributed by atoms with Crippen LogP contribution in [0.5, 0.6) is 34.5 Å². The van der Waals surface area contributed by atoms with Crippen LogP contribution in [0.25, 0.3) is 0 Å². The summed E-state index contributed by atoms with van der Waals surface area (Å²) in [6, 6.07) is 5.04. The highest BCUT2D eigenvalue weighted by molar-refractivity contribution is 5.66. The molecule has 1 aliphatic rings. The van der Waals surface area contributed by atoms with E-state index < -0.39 is 11.9 Å². The predicted octanol–water partition coefficient (Wildman–Crippen LogP) is 2.61. The van der Waals surface area contributed by atoms with E-state index in [2.05, 4.69) is 0 Å². The molecule has 0 radical (unpaired) electrons. The van der Waals surface area contributed by atoms with Crippen molar-refractivity contribution in [2.24, 2.45) is 11.8 Å². The van der Waals surface area contributed by atoms with E-state index in [1.807, 2.05) is 0 Å². The van der Waals surface area contributed by atoms with Crippen molar-refractivity contribution in [2.75, 3.05) is 41.7 Å². The summed E-state index contributed by atoms with van der Waals surface area (Å²) in [6.07, 6.45) is 0.452. The predicted molar refractivity (Wildman–Crippen MR) is 119 cm³/mol. The first-order chi connectivity index (χ1) is 15.8. The fourth-order valence-corrected chi connectivity index (χ4v) is 4.63. The minimum Gasteiger partial charge on any atom is -0.502 e. The summed E-state index contributed by atoms with van der Waals surface area (Å²) in [4.78, 5) is 11.6. The van der Waals surface area contributed by atoms with Crippen molar-refractivity contribution < 1.29 is 43.8 Å². The summed E-state index contributed by atoms with van der Waals surface area (Å²) in [5, 5.41) is 31.5. The highest BCUT2D eigenvalue weighted by Gasteiger charge is 2.42. The van der Waals surface area contributed by atoms with Crippen molar-refractivity contribution in [3.63, 3.8) is 0 Å². The summed E-state index contributed by atoms with van der Waals surface area (Å²) in [7, 11) is 5.75. The number of aromatic hydroxyl groups is 2. The summed E-state index contributed by atoms with van der Waals surface area (Å²) in [6.45, 7) is 1.20. The fourth-order valence-electron chi connectivity index (χ4n) is 4.63. The third-order valence-electron chi connectivity index (χ3n) is 6.17. The lowest BCUT2D eigenvalue weighted by Crippen LogP contribution is -2.36. The SMILES string of the molecule is COc1cc([C@@H]2c3c(cc(OC)c(O)c3OC)C[C@H](CO)[C@H]2COC(C)=O)cc(OC)c1O. The number of esters is 1. The molecule has 0 fully saturated rings. The zero-order valence-corrected chi connectivity index (χ0v) is 19.4. The number of phenols is 2. The number of methoxy groups -OCH3 is 4. The second-order valence-corrected chi connectivity index (χ2v) is 7.90. The van der Waals surface area contributed by atoms with Crippen LogP contribution in [-0.2, 0) is 16.0 Å². The molecule has 0 spiro atoms. The minimum absolute atomic E-state index is 0.0338. The minimum atomic E-state index is -0.500. The van der Waals surface area contributed by atoms with Gasteiger partial charge in [0.1, 0.15) is 0 Å². The van der Waals surface area contributed by atoms with Gasteiger partial charge in [0, 0.05) is 30.9 Å². The van der Waals surface area contributed by atoms with E-state index in [0.29, 0.717) is 17.5 Å². The zero-order chi connectivity index (χ0) is 24.3. The highest BCUT2D eigenvalue weighted by atomic mass is 16.5. The molecular formula is C24H30O9. The number of phenolic OH excluding ortho intramolecular Hbond substituents is 2. The van der Waals surface area contributed by atoms with Crippen molar-refractivity contribution in [2.45, 2.75) is 19.3 Å².